The summed E-state index contributed by atoms with van der Waals surface area (Å²) in [7, 11) is 0. The Morgan fingerprint density at radius 1 is 1.24 bits per heavy atom. The van der Waals surface area contributed by atoms with Crippen LogP contribution in [0, 0.1) is 21.4 Å². The van der Waals surface area contributed by atoms with E-state index in [4.69, 9.17) is 10.00 Å². The normalized spacial score (nSPS) is 11.0. The first kappa shape index (κ1) is 17.6. The zero-order chi connectivity index (χ0) is 18.4. The van der Waals surface area contributed by atoms with Crippen LogP contribution in [0.2, 0.25) is 0 Å². The first-order valence-corrected chi connectivity index (χ1v) is 7.18. The van der Waals surface area contributed by atoms with Crippen molar-refractivity contribution >= 4 is 23.3 Å². The molecule has 8 nitrogen and oxygen atoms in total. The molecule has 25 heavy (non-hydrogen) atoms. The number of nitriles is 1. The number of nitrogens with one attached hydrogen (secondary N) is 1. The van der Waals surface area contributed by atoms with Crippen LogP contribution in [-0.4, -0.2) is 22.9 Å². The van der Waals surface area contributed by atoms with Crippen molar-refractivity contribution in [3.8, 4) is 6.07 Å². The molecule has 1 atom stereocenters. The standard InChI is InChI=1S/C17H13N3O5/c1-11(16(21)19-15-8-3-2-5-13(15)10-18)25-17(22)12-6-4-7-14(9-12)20(23)24/h2-9,11H,1H3,(H,19,21)/t11-/m0/s1. The minimum Gasteiger partial charge on any atom is -0.449 e. The number of para-hydroxylation sites is 1. The zero-order valence-corrected chi connectivity index (χ0v) is 13.1. The molecule has 1 amide bonds. The minimum atomic E-state index is -1.15. The molecule has 0 saturated carbocycles. The molecule has 8 heteroatoms. The fourth-order valence-electron chi connectivity index (χ4n) is 1.95. The summed E-state index contributed by atoms with van der Waals surface area (Å²) in [6.07, 6.45) is -1.15. The lowest BCUT2D eigenvalue weighted by Gasteiger charge is -2.14. The van der Waals surface area contributed by atoms with Gasteiger partial charge in [-0.05, 0) is 25.1 Å². The van der Waals surface area contributed by atoms with Gasteiger partial charge in [-0.2, -0.15) is 5.26 Å². The number of benzene rings is 2. The molecule has 0 spiro atoms. The number of hydrogen-bond donors (Lipinski definition) is 1. The van der Waals surface area contributed by atoms with Gasteiger partial charge in [0.15, 0.2) is 6.10 Å². The lowest BCUT2D eigenvalue weighted by Crippen LogP contribution is -2.30. The fourth-order valence-corrected chi connectivity index (χ4v) is 1.95. The molecule has 0 aliphatic rings. The Kier molecular flexibility index (Phi) is 5.43. The van der Waals surface area contributed by atoms with Crippen LogP contribution in [0.5, 0.6) is 0 Å². The minimum absolute atomic E-state index is 0.0359. The van der Waals surface area contributed by atoms with E-state index in [0.717, 1.165) is 6.07 Å². The number of non-ortho nitro benzene ring substituents is 1. The second-order valence-electron chi connectivity index (χ2n) is 5.00. The molecular weight excluding hydrogens is 326 g/mol. The van der Waals surface area contributed by atoms with Crippen molar-refractivity contribution in [1.29, 1.82) is 5.26 Å². The molecule has 0 saturated heterocycles. The predicted molar refractivity (Wildman–Crippen MR) is 87.8 cm³/mol. The summed E-state index contributed by atoms with van der Waals surface area (Å²) in [5, 5.41) is 22.2. The molecule has 0 radical (unpaired) electrons. The molecule has 2 rings (SSSR count). The summed E-state index contributed by atoms with van der Waals surface area (Å²) in [5.74, 6) is -1.48. The van der Waals surface area contributed by atoms with E-state index in [-0.39, 0.29) is 16.8 Å². The highest BCUT2D eigenvalue weighted by Crippen LogP contribution is 2.16. The van der Waals surface area contributed by atoms with E-state index in [1.165, 1.54) is 31.2 Å². The average molecular weight is 339 g/mol. The molecule has 1 N–H and O–H groups in total. The Morgan fingerprint density at radius 3 is 2.64 bits per heavy atom. The number of ether oxygens (including phenoxy) is 1. The van der Waals surface area contributed by atoms with Crippen LogP contribution in [0.1, 0.15) is 22.8 Å². The number of nitro benzene ring substituents is 1. The summed E-state index contributed by atoms with van der Waals surface area (Å²) in [6.45, 7) is 1.36. The fraction of sp³-hybridized carbons (Fsp3) is 0.118. The second kappa shape index (κ2) is 7.70. The highest BCUT2D eigenvalue weighted by Gasteiger charge is 2.21. The van der Waals surface area contributed by atoms with Gasteiger partial charge in [-0.15, -0.1) is 0 Å². The van der Waals surface area contributed by atoms with Crippen molar-refractivity contribution in [3.63, 3.8) is 0 Å². The van der Waals surface area contributed by atoms with Gasteiger partial charge in [0.25, 0.3) is 11.6 Å². The molecule has 0 heterocycles. The smallest absolute Gasteiger partial charge is 0.339 e. The van der Waals surface area contributed by atoms with Crippen molar-refractivity contribution in [1.82, 2.24) is 0 Å². The van der Waals surface area contributed by atoms with Gasteiger partial charge >= 0.3 is 5.97 Å². The van der Waals surface area contributed by atoms with Crippen LogP contribution in [0.3, 0.4) is 0 Å². The van der Waals surface area contributed by atoms with Crippen molar-refractivity contribution < 1.29 is 19.2 Å². The van der Waals surface area contributed by atoms with E-state index < -0.39 is 22.9 Å². The van der Waals surface area contributed by atoms with Gasteiger partial charge in [-0.3, -0.25) is 14.9 Å². The van der Waals surface area contributed by atoms with Crippen molar-refractivity contribution in [3.05, 3.63) is 69.8 Å². The zero-order valence-electron chi connectivity index (χ0n) is 13.1. The van der Waals surface area contributed by atoms with Gasteiger partial charge in [-0.1, -0.05) is 18.2 Å². The molecule has 126 valence electrons. The van der Waals surface area contributed by atoms with Gasteiger partial charge in [0, 0.05) is 12.1 Å². The number of carbonyl (C=O) groups excluding carboxylic acids is 2. The lowest BCUT2D eigenvalue weighted by molar-refractivity contribution is -0.384. The maximum atomic E-state index is 12.1. The van der Waals surface area contributed by atoms with Gasteiger partial charge in [-0.25, -0.2) is 4.79 Å². The van der Waals surface area contributed by atoms with Crippen molar-refractivity contribution in [2.45, 2.75) is 13.0 Å². The third-order valence-corrected chi connectivity index (χ3v) is 3.25. The first-order chi connectivity index (χ1) is 11.9. The Morgan fingerprint density at radius 2 is 1.96 bits per heavy atom. The van der Waals surface area contributed by atoms with Crippen LogP contribution in [0.15, 0.2) is 48.5 Å². The van der Waals surface area contributed by atoms with E-state index >= 15 is 0 Å². The molecule has 2 aromatic carbocycles. The maximum absolute atomic E-state index is 12.1. The van der Waals surface area contributed by atoms with E-state index in [0.29, 0.717) is 5.69 Å². The topological polar surface area (TPSA) is 122 Å². The highest BCUT2D eigenvalue weighted by molar-refractivity contribution is 5.98. The Labute approximate surface area is 142 Å². The predicted octanol–water partition coefficient (Wildman–Crippen LogP) is 2.65. The van der Waals surface area contributed by atoms with E-state index in [1.807, 2.05) is 6.07 Å². The Bertz CT molecular complexity index is 873. The van der Waals surface area contributed by atoms with Crippen LogP contribution in [-0.2, 0) is 9.53 Å². The number of rotatable bonds is 5. The maximum Gasteiger partial charge on any atom is 0.339 e. The van der Waals surface area contributed by atoms with E-state index in [9.17, 15) is 19.7 Å². The van der Waals surface area contributed by atoms with E-state index in [1.54, 1.807) is 18.2 Å². The number of carbonyl (C=O) groups is 2. The van der Waals surface area contributed by atoms with Crippen LogP contribution in [0.4, 0.5) is 11.4 Å². The molecule has 0 aliphatic heterocycles. The van der Waals surface area contributed by atoms with Crippen LogP contribution in [0.25, 0.3) is 0 Å². The molecule has 0 aliphatic carbocycles. The lowest BCUT2D eigenvalue weighted by atomic mass is 10.2. The Hall–Kier alpha value is -3.73. The van der Waals surface area contributed by atoms with E-state index in [2.05, 4.69) is 5.32 Å². The molecule has 0 unspecified atom stereocenters. The summed E-state index contributed by atoms with van der Waals surface area (Å²) < 4.78 is 5.02. The van der Waals surface area contributed by atoms with Gasteiger partial charge in [0.2, 0.25) is 0 Å². The van der Waals surface area contributed by atoms with Crippen molar-refractivity contribution in [2.24, 2.45) is 0 Å². The van der Waals surface area contributed by atoms with Gasteiger partial charge < -0.3 is 10.1 Å². The number of esters is 1. The highest BCUT2D eigenvalue weighted by atomic mass is 16.6. The van der Waals surface area contributed by atoms with Crippen molar-refractivity contribution in [2.75, 3.05) is 5.32 Å². The molecule has 0 aromatic heterocycles. The largest absolute Gasteiger partial charge is 0.449 e. The Balaban J connectivity index is 2.06. The first-order valence-electron chi connectivity index (χ1n) is 7.18. The summed E-state index contributed by atoms with van der Waals surface area (Å²) in [5.41, 5.74) is 0.280. The summed E-state index contributed by atoms with van der Waals surface area (Å²) in [4.78, 5) is 34.2. The van der Waals surface area contributed by atoms with Crippen LogP contribution < -0.4 is 5.32 Å². The molecule has 0 fully saturated rings. The number of hydrogen-bond acceptors (Lipinski definition) is 6. The second-order valence-corrected chi connectivity index (χ2v) is 5.00. The third-order valence-electron chi connectivity index (χ3n) is 3.25. The number of nitrogens with zero attached hydrogens (tertiary/aromatic N) is 2. The van der Waals surface area contributed by atoms with Crippen LogP contribution >= 0.6 is 0 Å². The van der Waals surface area contributed by atoms with Gasteiger partial charge in [0.05, 0.1) is 21.7 Å². The number of anilines is 1. The number of nitro groups is 1. The molecular formula is C17H13N3O5. The molecule has 0 bridgehead atoms. The SMILES string of the molecule is C[C@H](OC(=O)c1cccc([N+](=O)[O-])c1)C(=O)Nc1ccccc1C#N. The third kappa shape index (κ3) is 4.39. The quantitative estimate of drug-likeness (QED) is 0.507. The van der Waals surface area contributed by atoms with Gasteiger partial charge in [0.1, 0.15) is 6.07 Å². The number of amides is 1. The average Bonchev–Trinajstić information content (AvgIpc) is 2.62. The summed E-state index contributed by atoms with van der Waals surface area (Å²) in [6, 6.07) is 13.3. The molecule has 2 aromatic rings. The monoisotopic (exact) mass is 339 g/mol. The summed E-state index contributed by atoms with van der Waals surface area (Å²) >= 11 is 0.